The van der Waals surface area contributed by atoms with Crippen molar-refractivity contribution in [1.29, 1.82) is 0 Å². The summed E-state index contributed by atoms with van der Waals surface area (Å²) < 4.78 is 2.09. The molecule has 0 bridgehead atoms. The van der Waals surface area contributed by atoms with Crippen molar-refractivity contribution in [1.82, 2.24) is 19.8 Å². The van der Waals surface area contributed by atoms with Gasteiger partial charge in [-0.2, -0.15) is 0 Å². The molecule has 0 radical (unpaired) electrons. The van der Waals surface area contributed by atoms with Crippen LogP contribution in [0, 0.1) is 0 Å². The number of hydrogen-bond acceptors (Lipinski definition) is 3. The third-order valence-corrected chi connectivity index (χ3v) is 7.67. The van der Waals surface area contributed by atoms with Crippen LogP contribution in [0.25, 0.3) is 11.0 Å². The maximum atomic E-state index is 13.9. The maximum absolute atomic E-state index is 13.9. The molecule has 1 N–H and O–H groups in total. The van der Waals surface area contributed by atoms with E-state index in [1.54, 1.807) is 0 Å². The Hall–Kier alpha value is -3.93. The van der Waals surface area contributed by atoms with E-state index in [0.717, 1.165) is 41.7 Å². The second-order valence-corrected chi connectivity index (χ2v) is 10.5. The smallest absolute Gasteiger partial charge is 0.243 e. The Bertz CT molecular complexity index is 1360. The van der Waals surface area contributed by atoms with E-state index >= 15 is 0 Å². The average Bonchev–Trinajstić information content (AvgIpc) is 3.32. The third-order valence-electron chi connectivity index (χ3n) is 7.67. The van der Waals surface area contributed by atoms with Gasteiger partial charge in [0, 0.05) is 25.6 Å². The number of amides is 2. The highest BCUT2D eigenvalue weighted by atomic mass is 16.2. The van der Waals surface area contributed by atoms with Gasteiger partial charge in [0.1, 0.15) is 12.4 Å². The summed E-state index contributed by atoms with van der Waals surface area (Å²) in [4.78, 5) is 33.3. The lowest BCUT2D eigenvalue weighted by atomic mass is 9.93. The molecule has 0 saturated heterocycles. The van der Waals surface area contributed by atoms with Crippen LogP contribution < -0.4 is 5.32 Å². The van der Waals surface area contributed by atoms with Gasteiger partial charge in [-0.3, -0.25) is 9.59 Å². The summed E-state index contributed by atoms with van der Waals surface area (Å²) in [6.07, 6.45) is 7.58. The number of para-hydroxylation sites is 2. The van der Waals surface area contributed by atoms with Crippen LogP contribution in [0.2, 0.25) is 0 Å². The summed E-state index contributed by atoms with van der Waals surface area (Å²) >= 11 is 0. The van der Waals surface area contributed by atoms with Gasteiger partial charge in [0.2, 0.25) is 11.8 Å². The Morgan fingerprint density at radius 3 is 2.26 bits per heavy atom. The summed E-state index contributed by atoms with van der Waals surface area (Å²) in [6.45, 7) is 1.49. The molecule has 6 heteroatoms. The fourth-order valence-corrected chi connectivity index (χ4v) is 5.63. The second kappa shape index (κ2) is 13.2. The summed E-state index contributed by atoms with van der Waals surface area (Å²) in [7, 11) is 0. The quantitative estimate of drug-likeness (QED) is 0.257. The van der Waals surface area contributed by atoms with Crippen LogP contribution in [0.5, 0.6) is 0 Å². The van der Waals surface area contributed by atoms with Crippen LogP contribution in [0.1, 0.15) is 55.5 Å². The predicted molar refractivity (Wildman–Crippen MR) is 155 cm³/mol. The molecule has 1 fully saturated rings. The van der Waals surface area contributed by atoms with Crippen LogP contribution in [-0.4, -0.2) is 38.9 Å². The Labute approximate surface area is 231 Å². The number of nitrogens with one attached hydrogen (secondary N) is 1. The van der Waals surface area contributed by atoms with Gasteiger partial charge in [0.05, 0.1) is 17.5 Å². The van der Waals surface area contributed by atoms with Gasteiger partial charge >= 0.3 is 0 Å². The van der Waals surface area contributed by atoms with Gasteiger partial charge in [-0.15, -0.1) is 0 Å². The van der Waals surface area contributed by atoms with Crippen LogP contribution >= 0.6 is 0 Å². The molecule has 0 atom stereocenters. The van der Waals surface area contributed by atoms with Gasteiger partial charge in [0.25, 0.3) is 0 Å². The van der Waals surface area contributed by atoms with E-state index in [0.29, 0.717) is 25.9 Å². The normalized spacial score (nSPS) is 13.8. The monoisotopic (exact) mass is 522 g/mol. The van der Waals surface area contributed by atoms with E-state index in [2.05, 4.69) is 26.9 Å². The van der Waals surface area contributed by atoms with Gasteiger partial charge < -0.3 is 14.8 Å². The van der Waals surface area contributed by atoms with E-state index in [1.807, 2.05) is 72.8 Å². The molecule has 6 nitrogen and oxygen atoms in total. The summed E-state index contributed by atoms with van der Waals surface area (Å²) in [5.41, 5.74) is 4.06. The molecule has 4 aromatic rings. The van der Waals surface area contributed by atoms with E-state index in [9.17, 15) is 9.59 Å². The van der Waals surface area contributed by atoms with Crippen molar-refractivity contribution >= 4 is 22.8 Å². The largest absolute Gasteiger partial charge is 0.356 e. The number of hydrogen-bond donors (Lipinski definition) is 1. The fourth-order valence-electron chi connectivity index (χ4n) is 5.63. The second-order valence-electron chi connectivity index (χ2n) is 10.5. The molecular formula is C33H38N4O2. The topological polar surface area (TPSA) is 67.2 Å². The highest BCUT2D eigenvalue weighted by molar-refractivity contribution is 5.81. The highest BCUT2D eigenvalue weighted by Crippen LogP contribution is 2.25. The Morgan fingerprint density at radius 1 is 0.846 bits per heavy atom. The SMILES string of the molecule is O=C(Cc1ccccc1)NCCCc1nc2ccccc2n1CC(=O)N(Cc1ccccc1)C1CCCCC1. The fraction of sp³-hybridized carbons (Fsp3) is 0.364. The first kappa shape index (κ1) is 26.7. The molecule has 1 saturated carbocycles. The van der Waals surface area contributed by atoms with E-state index in [4.69, 9.17) is 4.98 Å². The van der Waals surface area contributed by atoms with Crippen molar-refractivity contribution in [3.8, 4) is 0 Å². The van der Waals surface area contributed by atoms with Crippen molar-refractivity contribution in [3.05, 3.63) is 102 Å². The van der Waals surface area contributed by atoms with Gasteiger partial charge in [-0.25, -0.2) is 4.98 Å². The van der Waals surface area contributed by atoms with E-state index in [1.165, 1.54) is 24.8 Å². The molecule has 39 heavy (non-hydrogen) atoms. The Balaban J connectivity index is 1.27. The zero-order valence-electron chi connectivity index (χ0n) is 22.6. The van der Waals surface area contributed by atoms with Crippen LogP contribution in [0.4, 0.5) is 0 Å². The minimum atomic E-state index is 0.0221. The third kappa shape index (κ3) is 7.14. The minimum Gasteiger partial charge on any atom is -0.356 e. The lowest BCUT2D eigenvalue weighted by Crippen LogP contribution is -2.42. The molecular weight excluding hydrogens is 484 g/mol. The molecule has 1 heterocycles. The summed E-state index contributed by atoms with van der Waals surface area (Å²) in [6, 6.07) is 28.4. The summed E-state index contributed by atoms with van der Waals surface area (Å²) in [5.74, 6) is 1.06. The molecule has 5 rings (SSSR count). The zero-order chi connectivity index (χ0) is 26.9. The Kier molecular flexibility index (Phi) is 9.05. The molecule has 0 aliphatic heterocycles. The molecule has 0 unspecified atom stereocenters. The number of fused-ring (bicyclic) bond motifs is 1. The molecule has 1 aliphatic rings. The first-order chi connectivity index (χ1) is 19.2. The first-order valence-corrected chi connectivity index (χ1v) is 14.3. The first-order valence-electron chi connectivity index (χ1n) is 14.3. The van der Waals surface area contributed by atoms with Crippen LogP contribution in [-0.2, 0) is 35.5 Å². The van der Waals surface area contributed by atoms with Crippen molar-refractivity contribution in [2.75, 3.05) is 6.54 Å². The number of imidazole rings is 1. The molecule has 0 spiro atoms. The van der Waals surface area contributed by atoms with Crippen molar-refractivity contribution in [2.24, 2.45) is 0 Å². The Morgan fingerprint density at radius 2 is 1.51 bits per heavy atom. The number of aromatic nitrogens is 2. The molecule has 202 valence electrons. The zero-order valence-corrected chi connectivity index (χ0v) is 22.6. The predicted octanol–water partition coefficient (Wildman–Crippen LogP) is 5.69. The number of carbonyl (C=O) groups excluding carboxylic acids is 2. The molecule has 1 aliphatic carbocycles. The van der Waals surface area contributed by atoms with Gasteiger partial charge in [0.15, 0.2) is 0 Å². The number of rotatable bonds is 11. The van der Waals surface area contributed by atoms with E-state index < -0.39 is 0 Å². The van der Waals surface area contributed by atoms with Crippen molar-refractivity contribution < 1.29 is 9.59 Å². The van der Waals surface area contributed by atoms with Crippen molar-refractivity contribution in [2.45, 2.75) is 70.5 Å². The number of nitrogens with zero attached hydrogens (tertiary/aromatic N) is 3. The maximum Gasteiger partial charge on any atom is 0.243 e. The molecule has 2 amide bonds. The van der Waals surface area contributed by atoms with Crippen LogP contribution in [0.15, 0.2) is 84.9 Å². The number of carbonyl (C=O) groups is 2. The number of benzene rings is 3. The molecule has 1 aromatic heterocycles. The summed E-state index contributed by atoms with van der Waals surface area (Å²) in [5, 5.41) is 3.03. The molecule has 3 aromatic carbocycles. The average molecular weight is 523 g/mol. The standard InChI is InChI=1S/C33H38N4O2/c38-32(23-26-13-4-1-5-14-26)34-22-12-21-31-35-29-19-10-11-20-30(29)37(31)25-33(39)36(28-17-8-3-9-18-28)24-27-15-6-2-7-16-27/h1-2,4-7,10-11,13-16,19-20,28H,3,8-9,12,17-18,21-25H2,(H,34,38). The van der Waals surface area contributed by atoms with Crippen LogP contribution in [0.3, 0.4) is 0 Å². The van der Waals surface area contributed by atoms with Crippen molar-refractivity contribution in [3.63, 3.8) is 0 Å². The highest BCUT2D eigenvalue weighted by Gasteiger charge is 2.27. The van der Waals surface area contributed by atoms with Gasteiger partial charge in [-0.1, -0.05) is 92.1 Å². The van der Waals surface area contributed by atoms with Gasteiger partial charge in [-0.05, 0) is 42.5 Å². The minimum absolute atomic E-state index is 0.0221. The lowest BCUT2D eigenvalue weighted by Gasteiger charge is -2.35. The number of aryl methyl sites for hydroxylation is 1. The van der Waals surface area contributed by atoms with E-state index in [-0.39, 0.29) is 24.4 Å². The lowest BCUT2D eigenvalue weighted by molar-refractivity contribution is -0.135.